The Morgan fingerprint density at radius 2 is 1.95 bits per heavy atom. The summed E-state index contributed by atoms with van der Waals surface area (Å²) in [5, 5.41) is 17.0. The zero-order valence-electron chi connectivity index (χ0n) is 18.8. The number of primary amides is 1. The summed E-state index contributed by atoms with van der Waals surface area (Å²) in [6.45, 7) is -0.620. The van der Waals surface area contributed by atoms with Gasteiger partial charge in [-0.3, -0.25) is 19.7 Å². The van der Waals surface area contributed by atoms with Gasteiger partial charge in [-0.15, -0.1) is 0 Å². The maximum atomic E-state index is 13.4. The number of carbonyl (C=O) groups excluding carboxylic acids is 1. The van der Waals surface area contributed by atoms with Crippen LogP contribution in [-0.4, -0.2) is 33.3 Å². The third-order valence-electron chi connectivity index (χ3n) is 5.33. The number of hydrogen-bond donors (Lipinski definition) is 1. The summed E-state index contributed by atoms with van der Waals surface area (Å²) in [5.41, 5.74) is 5.19. The van der Waals surface area contributed by atoms with E-state index < -0.39 is 28.7 Å². The van der Waals surface area contributed by atoms with Crippen LogP contribution in [0.3, 0.4) is 0 Å². The molecule has 11 nitrogen and oxygen atoms in total. The van der Waals surface area contributed by atoms with E-state index in [1.54, 1.807) is 36.4 Å². The predicted molar refractivity (Wildman–Crippen MR) is 137 cm³/mol. The summed E-state index contributed by atoms with van der Waals surface area (Å²) in [5.74, 6) is -0.742. The number of hydrogen-bond acceptors (Lipinski definition) is 8. The highest BCUT2D eigenvalue weighted by molar-refractivity contribution is 6.31. The van der Waals surface area contributed by atoms with E-state index in [1.807, 2.05) is 18.2 Å². The van der Waals surface area contributed by atoms with Crippen LogP contribution in [0, 0.1) is 10.1 Å². The third-order valence-corrected chi connectivity index (χ3v) is 5.55. The molecule has 0 unspecified atom stereocenters. The van der Waals surface area contributed by atoms with Gasteiger partial charge >= 0.3 is 5.69 Å². The first-order valence-corrected chi connectivity index (χ1v) is 11.1. The fourth-order valence-corrected chi connectivity index (χ4v) is 3.96. The highest BCUT2D eigenvalue weighted by Crippen LogP contribution is 2.34. The number of nitrogens with zero attached hydrogens (tertiary/aromatic N) is 4. The Balaban J connectivity index is 1.72. The molecule has 12 heteroatoms. The Hall–Kier alpha value is -5.03. The number of rotatable bonds is 7. The second-order valence-corrected chi connectivity index (χ2v) is 8.25. The average Bonchev–Trinajstić information content (AvgIpc) is 3.31. The van der Waals surface area contributed by atoms with Crippen LogP contribution >= 0.6 is 11.6 Å². The van der Waals surface area contributed by atoms with Crippen molar-refractivity contribution in [1.29, 1.82) is 0 Å². The number of nitro groups is 1. The number of para-hydroxylation sites is 2. The zero-order chi connectivity index (χ0) is 26.1. The molecule has 0 atom stereocenters. The molecule has 184 valence electrons. The van der Waals surface area contributed by atoms with E-state index in [9.17, 15) is 19.7 Å². The molecule has 5 rings (SSSR count). The molecule has 0 bridgehead atoms. The van der Waals surface area contributed by atoms with Gasteiger partial charge in [0.2, 0.25) is 11.6 Å². The Kier molecular flexibility index (Phi) is 6.12. The van der Waals surface area contributed by atoms with Gasteiger partial charge in [0.15, 0.2) is 12.4 Å². The Morgan fingerprint density at radius 3 is 2.70 bits per heavy atom. The minimum atomic E-state index is -0.839. The summed E-state index contributed by atoms with van der Waals surface area (Å²) < 4.78 is 12.2. The van der Waals surface area contributed by atoms with Gasteiger partial charge in [0.25, 0.3) is 11.5 Å². The second-order valence-electron chi connectivity index (χ2n) is 7.82. The molecule has 0 aliphatic carbocycles. The number of carbonyl (C=O) groups is 1. The smallest absolute Gasteiger partial charge is 0.313 e. The van der Waals surface area contributed by atoms with Crippen LogP contribution in [0.4, 0.5) is 5.69 Å². The molecule has 2 aromatic heterocycles. The highest BCUT2D eigenvalue weighted by atomic mass is 35.5. The summed E-state index contributed by atoms with van der Waals surface area (Å²) >= 11 is 6.08. The van der Waals surface area contributed by atoms with Gasteiger partial charge in [-0.1, -0.05) is 41.9 Å². The number of aromatic nitrogens is 2. The summed E-state index contributed by atoms with van der Waals surface area (Å²) in [4.78, 5) is 40.2. The average molecular weight is 518 g/mol. The van der Waals surface area contributed by atoms with Gasteiger partial charge in [0.1, 0.15) is 5.58 Å². The molecular formula is C25H16ClN5O6. The monoisotopic (exact) mass is 517 g/mol. The first-order chi connectivity index (χ1) is 17.8. The number of fused-ring (bicyclic) bond motifs is 2. The lowest BCUT2D eigenvalue weighted by molar-refractivity contribution is -0.385. The van der Waals surface area contributed by atoms with E-state index in [0.29, 0.717) is 16.5 Å². The van der Waals surface area contributed by atoms with Crippen molar-refractivity contribution in [1.82, 2.24) is 9.66 Å². The van der Waals surface area contributed by atoms with Gasteiger partial charge in [0.05, 0.1) is 22.0 Å². The van der Waals surface area contributed by atoms with Crippen molar-refractivity contribution in [2.75, 3.05) is 6.61 Å². The molecule has 1 amide bonds. The first kappa shape index (κ1) is 23.7. The quantitative estimate of drug-likeness (QED) is 0.193. The van der Waals surface area contributed by atoms with Crippen LogP contribution < -0.4 is 16.0 Å². The van der Waals surface area contributed by atoms with E-state index in [4.69, 9.17) is 26.5 Å². The Labute approximate surface area is 212 Å². The predicted octanol–water partition coefficient (Wildman–Crippen LogP) is 4.12. The first-order valence-electron chi connectivity index (χ1n) is 10.8. The van der Waals surface area contributed by atoms with Gasteiger partial charge in [0, 0.05) is 22.0 Å². The van der Waals surface area contributed by atoms with Crippen LogP contribution in [0.15, 0.2) is 81.0 Å². The van der Waals surface area contributed by atoms with Crippen LogP contribution in [0.25, 0.3) is 33.5 Å². The molecule has 0 radical (unpaired) electrons. The van der Waals surface area contributed by atoms with Crippen LogP contribution in [-0.2, 0) is 4.79 Å². The van der Waals surface area contributed by atoms with Crippen LogP contribution in [0.2, 0.25) is 5.02 Å². The third kappa shape index (κ3) is 4.62. The topological polar surface area (TPSA) is 156 Å². The molecule has 2 N–H and O–H groups in total. The Morgan fingerprint density at radius 1 is 1.19 bits per heavy atom. The molecule has 5 aromatic rings. The summed E-state index contributed by atoms with van der Waals surface area (Å²) in [6.07, 6.45) is 1.15. The van der Waals surface area contributed by atoms with Crippen molar-refractivity contribution in [2.24, 2.45) is 10.8 Å². The second kappa shape index (κ2) is 9.55. The molecule has 37 heavy (non-hydrogen) atoms. The minimum Gasteiger partial charge on any atom is -0.476 e. The van der Waals surface area contributed by atoms with Crippen LogP contribution in [0.5, 0.6) is 5.75 Å². The lowest BCUT2D eigenvalue weighted by Gasteiger charge is -2.10. The Bertz CT molecular complexity index is 1760. The molecule has 0 aliphatic rings. The molecule has 0 fully saturated rings. The number of amides is 1. The summed E-state index contributed by atoms with van der Waals surface area (Å²) in [7, 11) is 0. The maximum Gasteiger partial charge on any atom is 0.313 e. The maximum absolute atomic E-state index is 13.4. The number of ether oxygens (including phenoxy) is 1. The van der Waals surface area contributed by atoms with Crippen molar-refractivity contribution in [3.63, 3.8) is 0 Å². The number of nitrogens with two attached hydrogens (primary N) is 1. The van der Waals surface area contributed by atoms with Crippen molar-refractivity contribution in [2.45, 2.75) is 0 Å². The van der Waals surface area contributed by atoms with E-state index in [0.717, 1.165) is 22.3 Å². The number of benzene rings is 3. The standard InChI is InChI=1S/C25H16ClN5O6/c26-16-9-15(23(36-13-22(27)32)19(11-16)31(34)35)12-28-30-24(21-10-14-5-1-4-8-20(14)37-21)29-18-7-3-2-6-17(18)25(30)33/h1-12H,13H2,(H2,27,32). The van der Waals surface area contributed by atoms with Crippen LogP contribution in [0.1, 0.15) is 5.56 Å². The van der Waals surface area contributed by atoms with E-state index in [-0.39, 0.29) is 27.9 Å². The zero-order valence-corrected chi connectivity index (χ0v) is 19.6. The molecule has 0 saturated heterocycles. The van der Waals surface area contributed by atoms with Crippen molar-refractivity contribution < 1.29 is 18.9 Å². The van der Waals surface area contributed by atoms with Crippen molar-refractivity contribution in [3.05, 3.63) is 97.8 Å². The minimum absolute atomic E-state index is 0.0149. The normalized spacial score (nSPS) is 11.4. The van der Waals surface area contributed by atoms with E-state index in [2.05, 4.69) is 10.1 Å². The van der Waals surface area contributed by atoms with E-state index >= 15 is 0 Å². The van der Waals surface area contributed by atoms with Gasteiger partial charge < -0.3 is 14.9 Å². The molecule has 2 heterocycles. The van der Waals surface area contributed by atoms with Crippen molar-refractivity contribution >= 4 is 51.3 Å². The van der Waals surface area contributed by atoms with Gasteiger partial charge in [-0.25, -0.2) is 4.98 Å². The lowest BCUT2D eigenvalue weighted by Crippen LogP contribution is -2.21. The molecule has 0 aliphatic heterocycles. The van der Waals surface area contributed by atoms with Gasteiger partial charge in [-0.2, -0.15) is 9.78 Å². The number of halogens is 1. The molecule has 0 spiro atoms. The summed E-state index contributed by atoms with van der Waals surface area (Å²) in [6, 6.07) is 18.2. The number of nitro benzene ring substituents is 1. The fraction of sp³-hybridized carbons (Fsp3) is 0.0400. The lowest BCUT2D eigenvalue weighted by atomic mass is 10.2. The van der Waals surface area contributed by atoms with Gasteiger partial charge in [-0.05, 0) is 30.3 Å². The fourth-order valence-electron chi connectivity index (χ4n) is 3.73. The molecule has 3 aromatic carbocycles. The number of furan rings is 1. The molecule has 0 saturated carbocycles. The van der Waals surface area contributed by atoms with Crippen molar-refractivity contribution in [3.8, 4) is 17.3 Å². The highest BCUT2D eigenvalue weighted by Gasteiger charge is 2.22. The molecular weight excluding hydrogens is 502 g/mol. The van der Waals surface area contributed by atoms with E-state index in [1.165, 1.54) is 6.07 Å². The largest absolute Gasteiger partial charge is 0.476 e. The SMILES string of the molecule is NC(=O)COc1c(C=Nn2c(-c3cc4ccccc4o3)nc3ccccc3c2=O)cc(Cl)cc1[N+](=O)[O-].